The van der Waals surface area contributed by atoms with E-state index < -0.39 is 0 Å². The van der Waals surface area contributed by atoms with Gasteiger partial charge in [0.2, 0.25) is 0 Å². The molecule has 84 valence electrons. The Hall–Kier alpha value is -0.0800. The number of rotatable bonds is 5. The predicted octanol–water partition coefficient (Wildman–Crippen LogP) is 2.27. The van der Waals surface area contributed by atoms with Gasteiger partial charge in [0.25, 0.3) is 0 Å². The Morgan fingerprint density at radius 1 is 1.36 bits per heavy atom. The van der Waals surface area contributed by atoms with E-state index in [1.807, 2.05) is 0 Å². The van der Waals surface area contributed by atoms with E-state index in [0.29, 0.717) is 0 Å². The van der Waals surface area contributed by atoms with Gasteiger partial charge in [0.1, 0.15) is 0 Å². The number of hydrogen-bond acceptors (Lipinski definition) is 2. The molecule has 0 aliphatic heterocycles. The van der Waals surface area contributed by atoms with Crippen molar-refractivity contribution >= 4 is 0 Å². The molecule has 2 heteroatoms. The average molecular weight is 199 g/mol. The van der Waals surface area contributed by atoms with Crippen molar-refractivity contribution in [1.82, 2.24) is 4.90 Å². The van der Waals surface area contributed by atoms with Crippen LogP contribution in [-0.2, 0) is 0 Å². The van der Waals surface area contributed by atoms with Crippen molar-refractivity contribution in [1.29, 1.82) is 0 Å². The summed E-state index contributed by atoms with van der Waals surface area (Å²) in [7, 11) is 0. The van der Waals surface area contributed by atoms with E-state index in [-0.39, 0.29) is 11.5 Å². The van der Waals surface area contributed by atoms with E-state index in [0.717, 1.165) is 19.1 Å². The van der Waals surface area contributed by atoms with Gasteiger partial charge in [0.05, 0.1) is 6.10 Å². The van der Waals surface area contributed by atoms with Crippen LogP contribution in [0.3, 0.4) is 0 Å². The van der Waals surface area contributed by atoms with E-state index in [2.05, 4.69) is 32.6 Å². The highest BCUT2D eigenvalue weighted by molar-refractivity contribution is 4.87. The van der Waals surface area contributed by atoms with Gasteiger partial charge in [-0.1, -0.05) is 27.7 Å². The second-order valence-electron chi connectivity index (χ2n) is 5.61. The largest absolute Gasteiger partial charge is 0.391 e. The molecule has 1 N–H and O–H groups in total. The summed E-state index contributed by atoms with van der Waals surface area (Å²) < 4.78 is 0. The highest BCUT2D eigenvalue weighted by atomic mass is 16.3. The fourth-order valence-electron chi connectivity index (χ4n) is 1.65. The Bertz CT molecular complexity index is 170. The molecule has 0 aromatic carbocycles. The SMILES string of the molecule is CCCN(CC(O)C(C)(C)C)C1CC1. The second-order valence-corrected chi connectivity index (χ2v) is 5.61. The standard InChI is InChI=1S/C12H25NO/c1-5-8-13(10-6-7-10)9-11(14)12(2,3)4/h10-11,14H,5-9H2,1-4H3. The average Bonchev–Trinajstić information content (AvgIpc) is 2.83. The van der Waals surface area contributed by atoms with E-state index in [1.165, 1.54) is 19.3 Å². The van der Waals surface area contributed by atoms with Crippen molar-refractivity contribution in [2.24, 2.45) is 5.41 Å². The number of nitrogens with zero attached hydrogens (tertiary/aromatic N) is 1. The first-order valence-corrected chi connectivity index (χ1v) is 5.87. The number of hydrogen-bond donors (Lipinski definition) is 1. The summed E-state index contributed by atoms with van der Waals surface area (Å²) in [5.74, 6) is 0. The summed E-state index contributed by atoms with van der Waals surface area (Å²) in [5.41, 5.74) is 0.0148. The van der Waals surface area contributed by atoms with Crippen LogP contribution in [0.15, 0.2) is 0 Å². The Balaban J connectivity index is 2.38. The third kappa shape index (κ3) is 3.58. The monoisotopic (exact) mass is 199 g/mol. The van der Waals surface area contributed by atoms with Gasteiger partial charge in [-0.15, -0.1) is 0 Å². The Morgan fingerprint density at radius 2 is 1.93 bits per heavy atom. The first-order chi connectivity index (χ1) is 6.45. The van der Waals surface area contributed by atoms with Crippen LogP contribution >= 0.6 is 0 Å². The second kappa shape index (κ2) is 4.63. The van der Waals surface area contributed by atoms with Crippen molar-refractivity contribution in [3.05, 3.63) is 0 Å². The molecule has 0 bridgehead atoms. The van der Waals surface area contributed by atoms with Crippen LogP contribution in [0.2, 0.25) is 0 Å². The third-order valence-electron chi connectivity index (χ3n) is 2.98. The van der Waals surface area contributed by atoms with Crippen molar-refractivity contribution in [2.45, 2.75) is 59.1 Å². The summed E-state index contributed by atoms with van der Waals surface area (Å²) in [6.07, 6.45) is 3.65. The highest BCUT2D eigenvalue weighted by Gasteiger charge is 2.32. The highest BCUT2D eigenvalue weighted by Crippen LogP contribution is 2.29. The lowest BCUT2D eigenvalue weighted by Gasteiger charge is -2.31. The van der Waals surface area contributed by atoms with Gasteiger partial charge < -0.3 is 5.11 Å². The molecule has 0 heterocycles. The molecule has 0 aromatic heterocycles. The molecule has 1 unspecified atom stereocenters. The van der Waals surface area contributed by atoms with Gasteiger partial charge >= 0.3 is 0 Å². The molecule has 1 aliphatic carbocycles. The molecule has 1 atom stereocenters. The molecular formula is C12H25NO. The van der Waals surface area contributed by atoms with Crippen LogP contribution in [-0.4, -0.2) is 35.2 Å². The lowest BCUT2D eigenvalue weighted by atomic mass is 9.89. The van der Waals surface area contributed by atoms with Gasteiger partial charge in [-0.25, -0.2) is 0 Å². The van der Waals surface area contributed by atoms with Crippen LogP contribution in [0, 0.1) is 5.41 Å². The number of aliphatic hydroxyl groups excluding tert-OH is 1. The molecule has 0 saturated heterocycles. The molecule has 0 spiro atoms. The van der Waals surface area contributed by atoms with Crippen molar-refractivity contribution in [2.75, 3.05) is 13.1 Å². The summed E-state index contributed by atoms with van der Waals surface area (Å²) in [4.78, 5) is 2.45. The van der Waals surface area contributed by atoms with Crippen LogP contribution in [0.25, 0.3) is 0 Å². The zero-order valence-corrected chi connectivity index (χ0v) is 10.1. The summed E-state index contributed by atoms with van der Waals surface area (Å²) in [5, 5.41) is 10.0. The van der Waals surface area contributed by atoms with Gasteiger partial charge in [-0.3, -0.25) is 4.90 Å². The quantitative estimate of drug-likeness (QED) is 0.734. The Morgan fingerprint density at radius 3 is 2.29 bits per heavy atom. The summed E-state index contributed by atoms with van der Waals surface area (Å²) in [6, 6.07) is 0.770. The van der Waals surface area contributed by atoms with Crippen LogP contribution in [0.5, 0.6) is 0 Å². The van der Waals surface area contributed by atoms with Crippen molar-refractivity contribution < 1.29 is 5.11 Å². The smallest absolute Gasteiger partial charge is 0.0715 e. The van der Waals surface area contributed by atoms with Crippen molar-refractivity contribution in [3.8, 4) is 0 Å². The minimum atomic E-state index is -0.199. The lowest BCUT2D eigenvalue weighted by molar-refractivity contribution is 0.0260. The maximum Gasteiger partial charge on any atom is 0.0715 e. The van der Waals surface area contributed by atoms with E-state index in [1.54, 1.807) is 0 Å². The van der Waals surface area contributed by atoms with E-state index in [9.17, 15) is 5.11 Å². The summed E-state index contributed by atoms with van der Waals surface area (Å²) >= 11 is 0. The first-order valence-electron chi connectivity index (χ1n) is 5.87. The van der Waals surface area contributed by atoms with E-state index >= 15 is 0 Å². The molecule has 0 radical (unpaired) electrons. The van der Waals surface area contributed by atoms with Crippen molar-refractivity contribution in [3.63, 3.8) is 0 Å². The predicted molar refractivity (Wildman–Crippen MR) is 60.3 cm³/mol. The zero-order chi connectivity index (χ0) is 10.8. The lowest BCUT2D eigenvalue weighted by Crippen LogP contribution is -2.40. The zero-order valence-electron chi connectivity index (χ0n) is 10.1. The van der Waals surface area contributed by atoms with Crippen LogP contribution < -0.4 is 0 Å². The molecule has 1 fully saturated rings. The fraction of sp³-hybridized carbons (Fsp3) is 1.00. The third-order valence-corrected chi connectivity index (χ3v) is 2.98. The van der Waals surface area contributed by atoms with Gasteiger partial charge in [-0.2, -0.15) is 0 Å². The summed E-state index contributed by atoms with van der Waals surface area (Å²) in [6.45, 7) is 10.5. The minimum Gasteiger partial charge on any atom is -0.391 e. The first kappa shape index (κ1) is 12.0. The van der Waals surface area contributed by atoms with Crippen LogP contribution in [0.1, 0.15) is 47.0 Å². The molecule has 2 nitrogen and oxygen atoms in total. The molecule has 14 heavy (non-hydrogen) atoms. The topological polar surface area (TPSA) is 23.5 Å². The van der Waals surface area contributed by atoms with Crippen LogP contribution in [0.4, 0.5) is 0 Å². The van der Waals surface area contributed by atoms with Gasteiger partial charge in [-0.05, 0) is 31.2 Å². The molecule has 0 amide bonds. The van der Waals surface area contributed by atoms with Gasteiger partial charge in [0.15, 0.2) is 0 Å². The molecule has 0 aromatic rings. The fourth-order valence-corrected chi connectivity index (χ4v) is 1.65. The molecular weight excluding hydrogens is 174 g/mol. The maximum absolute atomic E-state index is 10.0. The Kier molecular flexibility index (Phi) is 3.96. The molecule has 1 aliphatic rings. The molecule has 1 rings (SSSR count). The number of aliphatic hydroxyl groups is 1. The van der Waals surface area contributed by atoms with E-state index in [4.69, 9.17) is 0 Å². The maximum atomic E-state index is 10.0. The minimum absolute atomic E-state index is 0.0148. The molecule has 1 saturated carbocycles. The van der Waals surface area contributed by atoms with Gasteiger partial charge in [0, 0.05) is 12.6 Å². The normalized spacial score (nSPS) is 20.1. The Labute approximate surface area is 88.3 Å².